The first kappa shape index (κ1) is 15.4. The predicted molar refractivity (Wildman–Crippen MR) is 87.9 cm³/mol. The van der Waals surface area contributed by atoms with Crippen LogP contribution in [-0.4, -0.2) is 7.05 Å². The topological polar surface area (TPSA) is 21.3 Å². The molecule has 106 valence electrons. The lowest BCUT2D eigenvalue weighted by Crippen LogP contribution is -2.06. The van der Waals surface area contributed by atoms with Crippen molar-refractivity contribution in [2.75, 3.05) is 7.05 Å². The van der Waals surface area contributed by atoms with Gasteiger partial charge in [0.2, 0.25) is 0 Å². The Balaban J connectivity index is 2.34. The van der Waals surface area contributed by atoms with Crippen LogP contribution in [0.15, 0.2) is 34.8 Å². The maximum absolute atomic E-state index is 6.18. The van der Waals surface area contributed by atoms with E-state index in [0.717, 1.165) is 44.2 Å². The smallest absolute Gasteiger partial charge is 0.131 e. The van der Waals surface area contributed by atoms with Crippen LogP contribution in [-0.2, 0) is 6.54 Å². The van der Waals surface area contributed by atoms with Gasteiger partial charge < -0.3 is 10.1 Å². The first-order valence-electron chi connectivity index (χ1n) is 6.39. The van der Waals surface area contributed by atoms with E-state index in [2.05, 4.69) is 27.3 Å². The molecule has 0 aromatic heterocycles. The molecule has 20 heavy (non-hydrogen) atoms. The maximum atomic E-state index is 6.18. The summed E-state index contributed by atoms with van der Waals surface area (Å²) in [5, 5.41) is 3.94. The molecule has 0 unspecified atom stereocenters. The van der Waals surface area contributed by atoms with Gasteiger partial charge in [-0.05, 0) is 62.4 Å². The van der Waals surface area contributed by atoms with Gasteiger partial charge in [0.1, 0.15) is 11.5 Å². The molecule has 1 N–H and O–H groups in total. The van der Waals surface area contributed by atoms with Gasteiger partial charge in [0, 0.05) is 21.6 Å². The molecule has 2 aromatic carbocycles. The Bertz CT molecular complexity index is 605. The zero-order valence-corrected chi connectivity index (χ0v) is 14.1. The van der Waals surface area contributed by atoms with Crippen molar-refractivity contribution in [2.24, 2.45) is 0 Å². The van der Waals surface area contributed by atoms with Crippen LogP contribution in [0.2, 0.25) is 5.02 Å². The van der Waals surface area contributed by atoms with Crippen molar-refractivity contribution in [3.63, 3.8) is 0 Å². The van der Waals surface area contributed by atoms with Crippen LogP contribution in [0.1, 0.15) is 16.7 Å². The zero-order chi connectivity index (χ0) is 14.7. The molecule has 0 saturated carbocycles. The van der Waals surface area contributed by atoms with Crippen molar-refractivity contribution in [1.82, 2.24) is 5.32 Å². The second-order valence-corrected chi connectivity index (χ2v) is 6.05. The van der Waals surface area contributed by atoms with Gasteiger partial charge in [-0.1, -0.05) is 27.5 Å². The van der Waals surface area contributed by atoms with E-state index in [1.165, 1.54) is 0 Å². The highest BCUT2D eigenvalue weighted by molar-refractivity contribution is 9.10. The van der Waals surface area contributed by atoms with Crippen molar-refractivity contribution in [2.45, 2.75) is 20.4 Å². The maximum Gasteiger partial charge on any atom is 0.131 e. The fourth-order valence-corrected chi connectivity index (χ4v) is 2.59. The Morgan fingerprint density at radius 1 is 1.15 bits per heavy atom. The molecule has 0 atom stereocenters. The second kappa shape index (κ2) is 6.61. The third-order valence-corrected chi connectivity index (χ3v) is 4.12. The summed E-state index contributed by atoms with van der Waals surface area (Å²) >= 11 is 9.67. The number of benzene rings is 2. The number of halogens is 2. The molecular weight excluding hydrogens is 338 g/mol. The molecule has 0 aliphatic rings. The van der Waals surface area contributed by atoms with Crippen molar-refractivity contribution < 1.29 is 4.74 Å². The van der Waals surface area contributed by atoms with Gasteiger partial charge in [-0.15, -0.1) is 0 Å². The second-order valence-electron chi connectivity index (χ2n) is 4.76. The Hall–Kier alpha value is -1.03. The van der Waals surface area contributed by atoms with E-state index in [-0.39, 0.29) is 0 Å². The standard InChI is InChI=1S/C16H17BrClNO/c1-10-6-14(7-11(2)16(10)18)20-15-5-4-13(17)8-12(15)9-19-3/h4-8,19H,9H2,1-3H3. The molecular formula is C16H17BrClNO. The third kappa shape index (κ3) is 3.54. The largest absolute Gasteiger partial charge is 0.457 e. The predicted octanol–water partition coefficient (Wildman–Crippen LogP) is 5.23. The van der Waals surface area contributed by atoms with E-state index in [4.69, 9.17) is 16.3 Å². The minimum absolute atomic E-state index is 0.750. The van der Waals surface area contributed by atoms with E-state index in [9.17, 15) is 0 Å². The molecule has 0 aliphatic carbocycles. The monoisotopic (exact) mass is 353 g/mol. The number of aryl methyl sites for hydroxylation is 2. The molecule has 0 fully saturated rings. The van der Waals surface area contributed by atoms with Crippen LogP contribution in [0, 0.1) is 13.8 Å². The third-order valence-electron chi connectivity index (χ3n) is 3.03. The summed E-state index contributed by atoms with van der Waals surface area (Å²) in [7, 11) is 1.92. The normalized spacial score (nSPS) is 10.7. The van der Waals surface area contributed by atoms with E-state index in [1.54, 1.807) is 0 Å². The minimum atomic E-state index is 0.750. The highest BCUT2D eigenvalue weighted by atomic mass is 79.9. The molecule has 0 spiro atoms. The average molecular weight is 355 g/mol. The van der Waals surface area contributed by atoms with E-state index in [0.29, 0.717) is 0 Å². The number of hydrogen-bond donors (Lipinski definition) is 1. The summed E-state index contributed by atoms with van der Waals surface area (Å²) in [5.41, 5.74) is 3.15. The zero-order valence-electron chi connectivity index (χ0n) is 11.8. The SMILES string of the molecule is CNCc1cc(Br)ccc1Oc1cc(C)c(Cl)c(C)c1. The molecule has 0 saturated heterocycles. The van der Waals surface area contributed by atoms with E-state index >= 15 is 0 Å². The van der Waals surface area contributed by atoms with Crippen LogP contribution >= 0.6 is 27.5 Å². The molecule has 0 aliphatic heterocycles. The average Bonchev–Trinajstić information content (AvgIpc) is 2.39. The van der Waals surface area contributed by atoms with Gasteiger partial charge in [0.15, 0.2) is 0 Å². The van der Waals surface area contributed by atoms with Crippen LogP contribution < -0.4 is 10.1 Å². The summed E-state index contributed by atoms with van der Waals surface area (Å²) in [6.07, 6.45) is 0. The fourth-order valence-electron chi connectivity index (χ4n) is 2.07. The van der Waals surface area contributed by atoms with Crippen LogP contribution in [0.25, 0.3) is 0 Å². The molecule has 0 bridgehead atoms. The summed E-state index contributed by atoms with van der Waals surface area (Å²) in [6, 6.07) is 9.92. The Labute approximate surface area is 133 Å². The lowest BCUT2D eigenvalue weighted by Gasteiger charge is -2.13. The molecule has 2 rings (SSSR count). The molecule has 0 heterocycles. The lowest BCUT2D eigenvalue weighted by atomic mass is 10.1. The van der Waals surface area contributed by atoms with Crippen molar-refractivity contribution in [3.8, 4) is 11.5 Å². The molecule has 4 heteroatoms. The molecule has 2 aromatic rings. The number of ether oxygens (including phenoxy) is 1. The van der Waals surface area contributed by atoms with Crippen LogP contribution in [0.5, 0.6) is 11.5 Å². The Morgan fingerprint density at radius 2 is 1.80 bits per heavy atom. The van der Waals surface area contributed by atoms with Gasteiger partial charge >= 0.3 is 0 Å². The van der Waals surface area contributed by atoms with Crippen molar-refractivity contribution in [3.05, 3.63) is 56.5 Å². The van der Waals surface area contributed by atoms with E-state index < -0.39 is 0 Å². The van der Waals surface area contributed by atoms with Crippen molar-refractivity contribution >= 4 is 27.5 Å². The van der Waals surface area contributed by atoms with Crippen LogP contribution in [0.4, 0.5) is 0 Å². The first-order valence-corrected chi connectivity index (χ1v) is 7.56. The quantitative estimate of drug-likeness (QED) is 0.811. The molecule has 2 nitrogen and oxygen atoms in total. The minimum Gasteiger partial charge on any atom is -0.457 e. The van der Waals surface area contributed by atoms with Gasteiger partial charge in [0.05, 0.1) is 0 Å². The highest BCUT2D eigenvalue weighted by Gasteiger charge is 2.08. The molecule has 0 radical (unpaired) electrons. The summed E-state index contributed by atoms with van der Waals surface area (Å²) < 4.78 is 7.05. The first-order chi connectivity index (χ1) is 9.51. The highest BCUT2D eigenvalue weighted by Crippen LogP contribution is 2.32. The van der Waals surface area contributed by atoms with Crippen LogP contribution in [0.3, 0.4) is 0 Å². The Morgan fingerprint density at radius 3 is 2.40 bits per heavy atom. The Kier molecular flexibility index (Phi) is 5.08. The summed E-state index contributed by atoms with van der Waals surface area (Å²) in [4.78, 5) is 0. The van der Waals surface area contributed by atoms with Gasteiger partial charge in [-0.2, -0.15) is 0 Å². The van der Waals surface area contributed by atoms with Gasteiger partial charge in [0.25, 0.3) is 0 Å². The summed E-state index contributed by atoms with van der Waals surface area (Å²) in [5.74, 6) is 1.66. The van der Waals surface area contributed by atoms with Gasteiger partial charge in [-0.3, -0.25) is 0 Å². The lowest BCUT2D eigenvalue weighted by molar-refractivity contribution is 0.473. The van der Waals surface area contributed by atoms with Crippen molar-refractivity contribution in [1.29, 1.82) is 0 Å². The summed E-state index contributed by atoms with van der Waals surface area (Å²) in [6.45, 7) is 4.72. The van der Waals surface area contributed by atoms with E-state index in [1.807, 2.05) is 45.2 Å². The number of rotatable bonds is 4. The number of hydrogen-bond acceptors (Lipinski definition) is 2. The molecule has 0 amide bonds. The fraction of sp³-hybridized carbons (Fsp3) is 0.250. The number of nitrogens with one attached hydrogen (secondary N) is 1. The van der Waals surface area contributed by atoms with Gasteiger partial charge in [-0.25, -0.2) is 0 Å².